The standard InChI is InChI=1S/C28H32N6O6/c1-20-17-34(18-23(25(35)36)30-28(39)40-19-22-10-6-3-7-11-22)27(38)31-24(20)32-12-14-33(15-13-32)26(37)29-16-21-8-4-2-5-9-21/h2-11,17,23H,12-16,18-19H2,1H3,(H,29,37)(H,30,39)(H,35,36)/t23-/m0/s1. The smallest absolute Gasteiger partial charge is 0.408 e. The van der Waals surface area contributed by atoms with Crippen LogP contribution in [-0.2, 0) is 29.2 Å². The second kappa shape index (κ2) is 13.3. The van der Waals surface area contributed by atoms with E-state index in [0.29, 0.717) is 44.1 Å². The Bertz CT molecular complexity index is 1370. The van der Waals surface area contributed by atoms with Gasteiger partial charge in [0.15, 0.2) is 0 Å². The summed E-state index contributed by atoms with van der Waals surface area (Å²) in [6.07, 6.45) is 0.618. The van der Waals surface area contributed by atoms with Crippen LogP contribution in [0.4, 0.5) is 15.4 Å². The van der Waals surface area contributed by atoms with Gasteiger partial charge in [-0.05, 0) is 18.1 Å². The minimum atomic E-state index is -1.40. The van der Waals surface area contributed by atoms with Crippen LogP contribution in [0, 0.1) is 6.92 Å². The molecule has 2 heterocycles. The van der Waals surface area contributed by atoms with E-state index in [1.165, 1.54) is 6.20 Å². The van der Waals surface area contributed by atoms with Crippen LogP contribution in [0.2, 0.25) is 0 Å². The summed E-state index contributed by atoms with van der Waals surface area (Å²) in [6, 6.07) is 17.1. The van der Waals surface area contributed by atoms with Gasteiger partial charge in [0.1, 0.15) is 18.5 Å². The van der Waals surface area contributed by atoms with E-state index in [1.807, 2.05) is 41.3 Å². The van der Waals surface area contributed by atoms with Gasteiger partial charge in [0.25, 0.3) is 0 Å². The predicted molar refractivity (Wildman–Crippen MR) is 147 cm³/mol. The first kappa shape index (κ1) is 28.1. The molecule has 3 N–H and O–H groups in total. The van der Waals surface area contributed by atoms with Gasteiger partial charge in [-0.2, -0.15) is 4.98 Å². The molecule has 12 nitrogen and oxygen atoms in total. The van der Waals surface area contributed by atoms with E-state index in [1.54, 1.807) is 36.1 Å². The second-order valence-corrected chi connectivity index (χ2v) is 9.40. The van der Waals surface area contributed by atoms with Gasteiger partial charge in [0, 0.05) is 44.5 Å². The van der Waals surface area contributed by atoms with Crippen LogP contribution in [0.1, 0.15) is 16.7 Å². The molecule has 12 heteroatoms. The number of rotatable bonds is 9. The largest absolute Gasteiger partial charge is 0.480 e. The van der Waals surface area contributed by atoms with Gasteiger partial charge in [-0.25, -0.2) is 19.2 Å². The third-order valence-electron chi connectivity index (χ3n) is 6.48. The highest BCUT2D eigenvalue weighted by Crippen LogP contribution is 2.17. The minimum absolute atomic E-state index is 0.0176. The van der Waals surface area contributed by atoms with Crippen molar-refractivity contribution < 1.29 is 24.2 Å². The topological polar surface area (TPSA) is 146 Å². The SMILES string of the molecule is Cc1cn(C[C@H](NC(=O)OCc2ccccc2)C(=O)O)c(=O)nc1N1CCN(C(=O)NCc2ccccc2)CC1. The van der Waals surface area contributed by atoms with Crippen LogP contribution < -0.4 is 21.2 Å². The first-order valence-electron chi connectivity index (χ1n) is 12.9. The van der Waals surface area contributed by atoms with Gasteiger partial charge in [0.2, 0.25) is 0 Å². The van der Waals surface area contributed by atoms with E-state index in [2.05, 4.69) is 15.6 Å². The van der Waals surface area contributed by atoms with Gasteiger partial charge >= 0.3 is 23.8 Å². The molecule has 1 aliphatic heterocycles. The zero-order valence-corrected chi connectivity index (χ0v) is 22.2. The molecular weight excluding hydrogens is 516 g/mol. The molecule has 0 bridgehead atoms. The Labute approximate surface area is 231 Å². The lowest BCUT2D eigenvalue weighted by Gasteiger charge is -2.36. The van der Waals surface area contributed by atoms with Gasteiger partial charge in [-0.1, -0.05) is 60.7 Å². The molecule has 1 fully saturated rings. The number of piperazine rings is 1. The molecule has 1 atom stereocenters. The highest BCUT2D eigenvalue weighted by molar-refractivity contribution is 5.79. The van der Waals surface area contributed by atoms with Gasteiger partial charge in [-0.3, -0.25) is 4.57 Å². The summed E-state index contributed by atoms with van der Waals surface area (Å²) >= 11 is 0. The number of nitrogens with one attached hydrogen (secondary N) is 2. The maximum Gasteiger partial charge on any atom is 0.408 e. The van der Waals surface area contributed by atoms with Crippen molar-refractivity contribution in [3.8, 4) is 0 Å². The minimum Gasteiger partial charge on any atom is -0.480 e. The Morgan fingerprint density at radius 1 is 0.975 bits per heavy atom. The number of benzene rings is 2. The van der Waals surface area contributed by atoms with Crippen molar-refractivity contribution in [2.75, 3.05) is 31.1 Å². The summed E-state index contributed by atoms with van der Waals surface area (Å²) in [6.45, 7) is 3.77. The van der Waals surface area contributed by atoms with Crippen LogP contribution in [0.5, 0.6) is 0 Å². The van der Waals surface area contributed by atoms with E-state index in [0.717, 1.165) is 15.7 Å². The Morgan fingerprint density at radius 3 is 2.23 bits per heavy atom. The second-order valence-electron chi connectivity index (χ2n) is 9.40. The van der Waals surface area contributed by atoms with Crippen molar-refractivity contribution in [3.63, 3.8) is 0 Å². The van der Waals surface area contributed by atoms with E-state index in [-0.39, 0.29) is 19.2 Å². The summed E-state index contributed by atoms with van der Waals surface area (Å²) in [5.41, 5.74) is 1.79. The molecule has 1 aromatic heterocycles. The Morgan fingerprint density at radius 2 is 1.60 bits per heavy atom. The number of nitrogens with zero attached hydrogens (tertiary/aromatic N) is 4. The summed E-state index contributed by atoms with van der Waals surface area (Å²) < 4.78 is 6.26. The van der Waals surface area contributed by atoms with Crippen LogP contribution >= 0.6 is 0 Å². The van der Waals surface area contributed by atoms with Gasteiger partial charge < -0.3 is 30.3 Å². The highest BCUT2D eigenvalue weighted by atomic mass is 16.5. The highest BCUT2D eigenvalue weighted by Gasteiger charge is 2.25. The Hall–Kier alpha value is -4.87. The van der Waals surface area contributed by atoms with E-state index >= 15 is 0 Å². The first-order valence-corrected chi connectivity index (χ1v) is 12.9. The lowest BCUT2D eigenvalue weighted by atomic mass is 10.2. The maximum absolute atomic E-state index is 12.8. The number of aryl methyl sites for hydroxylation is 1. The molecule has 3 aromatic rings. The number of aromatic nitrogens is 2. The van der Waals surface area contributed by atoms with Crippen molar-refractivity contribution in [1.82, 2.24) is 25.1 Å². The van der Waals surface area contributed by atoms with E-state index in [4.69, 9.17) is 4.74 Å². The molecule has 40 heavy (non-hydrogen) atoms. The van der Waals surface area contributed by atoms with Crippen molar-refractivity contribution in [3.05, 3.63) is 94.0 Å². The lowest BCUT2D eigenvalue weighted by molar-refractivity contribution is -0.139. The third kappa shape index (κ3) is 7.59. The van der Waals surface area contributed by atoms with Crippen molar-refractivity contribution in [2.45, 2.75) is 32.7 Å². The zero-order chi connectivity index (χ0) is 28.5. The van der Waals surface area contributed by atoms with E-state index < -0.39 is 23.8 Å². The molecule has 3 amide bonds. The number of hydrogen-bond donors (Lipinski definition) is 3. The zero-order valence-electron chi connectivity index (χ0n) is 22.2. The van der Waals surface area contributed by atoms with Gasteiger partial charge in [0.05, 0.1) is 6.54 Å². The van der Waals surface area contributed by atoms with Crippen LogP contribution in [0.3, 0.4) is 0 Å². The van der Waals surface area contributed by atoms with Crippen LogP contribution in [0.25, 0.3) is 0 Å². The number of hydrogen-bond acceptors (Lipinski definition) is 7. The van der Waals surface area contributed by atoms with Crippen LogP contribution in [-0.4, -0.2) is 69.9 Å². The molecule has 1 saturated heterocycles. The number of carboxylic acids is 1. The number of ether oxygens (including phenoxy) is 1. The number of alkyl carbamates (subject to hydrolysis) is 1. The van der Waals surface area contributed by atoms with Crippen molar-refractivity contribution in [1.29, 1.82) is 0 Å². The molecule has 0 aliphatic carbocycles. The Kier molecular flexibility index (Phi) is 9.34. The summed E-state index contributed by atoms with van der Waals surface area (Å²) in [5, 5.41) is 14.8. The lowest BCUT2D eigenvalue weighted by Crippen LogP contribution is -2.52. The Balaban J connectivity index is 1.31. The molecule has 0 saturated carbocycles. The maximum atomic E-state index is 12.8. The van der Waals surface area contributed by atoms with Crippen LogP contribution in [0.15, 0.2) is 71.7 Å². The van der Waals surface area contributed by atoms with Gasteiger partial charge in [-0.15, -0.1) is 0 Å². The fourth-order valence-electron chi connectivity index (χ4n) is 4.34. The average molecular weight is 549 g/mol. The quantitative estimate of drug-likeness (QED) is 0.368. The number of amides is 3. The molecule has 0 spiro atoms. The third-order valence-corrected chi connectivity index (χ3v) is 6.48. The summed E-state index contributed by atoms with van der Waals surface area (Å²) in [4.78, 5) is 57.2. The van der Waals surface area contributed by atoms with Crippen molar-refractivity contribution in [2.24, 2.45) is 0 Å². The predicted octanol–water partition coefficient (Wildman–Crippen LogP) is 1.96. The monoisotopic (exact) mass is 548 g/mol. The fourth-order valence-corrected chi connectivity index (χ4v) is 4.34. The number of carboxylic acid groups (broad SMARTS) is 1. The fraction of sp³-hybridized carbons (Fsp3) is 0.321. The number of anilines is 1. The summed E-state index contributed by atoms with van der Waals surface area (Å²) in [5.74, 6) is -0.834. The molecule has 210 valence electrons. The molecule has 1 aliphatic rings. The normalized spacial score (nSPS) is 13.8. The molecule has 0 unspecified atom stereocenters. The molecule has 2 aromatic carbocycles. The number of carbonyl (C=O) groups is 3. The van der Waals surface area contributed by atoms with Crippen molar-refractivity contribution >= 4 is 23.9 Å². The number of carbonyl (C=O) groups excluding carboxylic acids is 2. The summed E-state index contributed by atoms with van der Waals surface area (Å²) in [7, 11) is 0. The van der Waals surface area contributed by atoms with E-state index in [9.17, 15) is 24.3 Å². The molecular formula is C28H32N6O6. The number of urea groups is 1. The number of aliphatic carboxylic acids is 1. The molecule has 4 rings (SSSR count). The first-order chi connectivity index (χ1) is 19.3. The average Bonchev–Trinajstić information content (AvgIpc) is 2.97. The molecule has 0 radical (unpaired) electrons.